The Morgan fingerprint density at radius 1 is 1.13 bits per heavy atom. The third-order valence-corrected chi connectivity index (χ3v) is 4.57. The molecule has 1 unspecified atom stereocenters. The largest absolute Gasteiger partial charge is 0.416 e. The maximum absolute atomic E-state index is 13.4. The first kappa shape index (κ1) is 21.9. The number of alkyl halides is 3. The second-order valence-electron chi connectivity index (χ2n) is 7.31. The highest BCUT2D eigenvalue weighted by molar-refractivity contribution is 5.95. The summed E-state index contributed by atoms with van der Waals surface area (Å²) in [4.78, 5) is 25.0. The summed E-state index contributed by atoms with van der Waals surface area (Å²) >= 11 is 0. The molecular weight excluding hydrogens is 411 g/mol. The van der Waals surface area contributed by atoms with Crippen LogP contribution in [0.15, 0.2) is 43.0 Å². The minimum Gasteiger partial charge on any atom is -0.342 e. The smallest absolute Gasteiger partial charge is 0.342 e. The van der Waals surface area contributed by atoms with E-state index in [1.54, 1.807) is 13.0 Å². The van der Waals surface area contributed by atoms with Crippen molar-refractivity contribution in [3.05, 3.63) is 65.5 Å². The second-order valence-corrected chi connectivity index (χ2v) is 7.31. The summed E-state index contributed by atoms with van der Waals surface area (Å²) in [5.41, 5.74) is -2.36. The molecule has 1 atom stereocenters. The molecule has 0 radical (unpaired) electrons. The lowest BCUT2D eigenvalue weighted by Gasteiger charge is -2.20. The Hall–Kier alpha value is -3.81. The van der Waals surface area contributed by atoms with Gasteiger partial charge in [0.1, 0.15) is 6.33 Å². The zero-order valence-corrected chi connectivity index (χ0v) is 16.8. The van der Waals surface area contributed by atoms with Crippen molar-refractivity contribution in [1.29, 1.82) is 5.26 Å². The lowest BCUT2D eigenvalue weighted by atomic mass is 9.84. The molecular formula is C20H18F3N7O. The van der Waals surface area contributed by atoms with Crippen LogP contribution >= 0.6 is 0 Å². The van der Waals surface area contributed by atoms with Crippen LogP contribution in [-0.4, -0.2) is 30.6 Å². The Balaban J connectivity index is 1.93. The first-order valence-electron chi connectivity index (χ1n) is 9.15. The molecule has 0 aliphatic heterocycles. The van der Waals surface area contributed by atoms with Crippen molar-refractivity contribution in [3.8, 4) is 12.0 Å². The van der Waals surface area contributed by atoms with Gasteiger partial charge in [-0.3, -0.25) is 4.79 Å². The third-order valence-electron chi connectivity index (χ3n) is 4.57. The molecule has 8 nitrogen and oxygen atoms in total. The van der Waals surface area contributed by atoms with E-state index in [1.807, 2.05) is 6.07 Å². The number of carbonyl (C=O) groups is 1. The Labute approximate surface area is 175 Å². The maximum Gasteiger partial charge on any atom is 0.416 e. The zero-order valence-electron chi connectivity index (χ0n) is 16.8. The molecule has 11 heteroatoms. The summed E-state index contributed by atoms with van der Waals surface area (Å²) in [6.45, 7) is 4.57. The van der Waals surface area contributed by atoms with Crippen molar-refractivity contribution in [2.24, 2.45) is 0 Å². The number of benzene rings is 1. The molecule has 1 amide bonds. The van der Waals surface area contributed by atoms with E-state index in [0.717, 1.165) is 12.1 Å². The van der Waals surface area contributed by atoms with Gasteiger partial charge in [0.25, 0.3) is 11.9 Å². The van der Waals surface area contributed by atoms with Crippen LogP contribution in [0.4, 0.5) is 13.2 Å². The molecule has 0 bridgehead atoms. The monoisotopic (exact) mass is 429 g/mol. The fourth-order valence-electron chi connectivity index (χ4n) is 2.79. The van der Waals surface area contributed by atoms with Crippen molar-refractivity contribution in [1.82, 2.24) is 30.0 Å². The van der Waals surface area contributed by atoms with Crippen LogP contribution in [0.2, 0.25) is 0 Å². The summed E-state index contributed by atoms with van der Waals surface area (Å²) in [7, 11) is 0. The third kappa shape index (κ3) is 4.69. The number of carbonyl (C=O) groups excluding carboxylic acids is 1. The molecule has 3 aromatic rings. The zero-order chi connectivity index (χ0) is 22.8. The van der Waals surface area contributed by atoms with Gasteiger partial charge in [-0.15, -0.1) is 0 Å². The van der Waals surface area contributed by atoms with Crippen molar-refractivity contribution in [2.75, 3.05) is 0 Å². The molecule has 0 saturated heterocycles. The molecule has 1 aromatic carbocycles. The Morgan fingerprint density at radius 3 is 2.39 bits per heavy atom. The number of rotatable bonds is 5. The highest BCUT2D eigenvalue weighted by Crippen LogP contribution is 2.34. The summed E-state index contributed by atoms with van der Waals surface area (Å²) in [6, 6.07) is 5.78. The van der Waals surface area contributed by atoms with Crippen LogP contribution in [0.25, 0.3) is 5.95 Å². The molecule has 0 aliphatic carbocycles. The summed E-state index contributed by atoms with van der Waals surface area (Å²) in [6.07, 6.45) is -0.393. The number of aromatic nitrogens is 5. The van der Waals surface area contributed by atoms with E-state index < -0.39 is 29.1 Å². The molecule has 0 fully saturated rings. The maximum atomic E-state index is 13.4. The molecule has 2 heterocycles. The number of nitriles is 1. The number of nitrogens with one attached hydrogen (secondary N) is 1. The van der Waals surface area contributed by atoms with Crippen molar-refractivity contribution in [3.63, 3.8) is 0 Å². The molecule has 1 N–H and O–H groups in total. The van der Waals surface area contributed by atoms with Crippen LogP contribution < -0.4 is 5.32 Å². The predicted molar refractivity (Wildman–Crippen MR) is 103 cm³/mol. The van der Waals surface area contributed by atoms with E-state index in [4.69, 9.17) is 0 Å². The number of hydrogen-bond acceptors (Lipinski definition) is 6. The van der Waals surface area contributed by atoms with Gasteiger partial charge in [-0.2, -0.15) is 28.2 Å². The minimum absolute atomic E-state index is 0.0866. The summed E-state index contributed by atoms with van der Waals surface area (Å²) in [5, 5.41) is 16.0. The highest BCUT2D eigenvalue weighted by Gasteiger charge is 2.34. The van der Waals surface area contributed by atoms with Gasteiger partial charge in [-0.05, 0) is 50.6 Å². The van der Waals surface area contributed by atoms with Crippen LogP contribution in [0.5, 0.6) is 0 Å². The molecule has 3 rings (SSSR count). The fraction of sp³-hybridized carbons (Fsp3) is 0.300. The van der Waals surface area contributed by atoms with Gasteiger partial charge < -0.3 is 5.32 Å². The molecule has 0 spiro atoms. The lowest BCUT2D eigenvalue weighted by molar-refractivity contribution is -0.137. The topological polar surface area (TPSA) is 109 Å². The molecule has 0 aliphatic rings. The normalized spacial score (nSPS) is 12.8. The average Bonchev–Trinajstić information content (AvgIpc) is 3.23. The van der Waals surface area contributed by atoms with Gasteiger partial charge in [-0.25, -0.2) is 15.0 Å². The van der Waals surface area contributed by atoms with Crippen molar-refractivity contribution < 1.29 is 18.0 Å². The van der Waals surface area contributed by atoms with Gasteiger partial charge in [0.05, 0.1) is 23.1 Å². The summed E-state index contributed by atoms with van der Waals surface area (Å²) in [5.74, 6) is -0.227. The SMILES string of the molecule is CC(NC(=O)c1cc(C(F)(F)F)cc(C(C)(C)C#N)c1)c1ncnn1-c1ncccn1. The van der Waals surface area contributed by atoms with Crippen molar-refractivity contribution >= 4 is 5.91 Å². The first-order chi connectivity index (χ1) is 14.5. The Morgan fingerprint density at radius 2 is 1.77 bits per heavy atom. The van der Waals surface area contributed by atoms with Gasteiger partial charge in [0.15, 0.2) is 5.82 Å². The average molecular weight is 429 g/mol. The van der Waals surface area contributed by atoms with Crippen LogP contribution in [-0.2, 0) is 11.6 Å². The quantitative estimate of drug-likeness (QED) is 0.666. The van der Waals surface area contributed by atoms with E-state index >= 15 is 0 Å². The number of nitrogens with zero attached hydrogens (tertiary/aromatic N) is 6. The number of hydrogen-bond donors (Lipinski definition) is 1. The van der Waals surface area contributed by atoms with E-state index in [0.29, 0.717) is 5.82 Å². The van der Waals surface area contributed by atoms with Crippen LogP contribution in [0, 0.1) is 11.3 Å². The summed E-state index contributed by atoms with van der Waals surface area (Å²) < 4.78 is 41.5. The molecule has 0 saturated carbocycles. The van der Waals surface area contributed by atoms with Crippen molar-refractivity contribution in [2.45, 2.75) is 38.4 Å². The first-order valence-corrected chi connectivity index (χ1v) is 9.15. The van der Waals surface area contributed by atoms with Gasteiger partial charge >= 0.3 is 6.18 Å². The minimum atomic E-state index is -4.67. The van der Waals surface area contributed by atoms with Crippen LogP contribution in [0.1, 0.15) is 54.1 Å². The number of amides is 1. The van der Waals surface area contributed by atoms with E-state index in [2.05, 4.69) is 25.4 Å². The lowest BCUT2D eigenvalue weighted by Crippen LogP contribution is -2.30. The van der Waals surface area contributed by atoms with Gasteiger partial charge in [0.2, 0.25) is 0 Å². The highest BCUT2D eigenvalue weighted by atomic mass is 19.4. The van der Waals surface area contributed by atoms with Gasteiger partial charge in [-0.1, -0.05) is 0 Å². The Kier molecular flexibility index (Phi) is 5.75. The van der Waals surface area contributed by atoms with Crippen LogP contribution in [0.3, 0.4) is 0 Å². The molecule has 2 aromatic heterocycles. The molecule has 31 heavy (non-hydrogen) atoms. The van der Waals surface area contributed by atoms with Gasteiger partial charge in [0, 0.05) is 18.0 Å². The standard InChI is InChI=1S/C20H18F3N7O/c1-12(16-27-11-28-30(16)18-25-5-4-6-26-18)29-17(31)13-7-14(19(2,3)10-24)9-15(8-13)20(21,22)23/h4-9,11-12H,1-3H3,(H,29,31). The van der Waals surface area contributed by atoms with E-state index in [-0.39, 0.29) is 17.1 Å². The fourth-order valence-corrected chi connectivity index (χ4v) is 2.79. The van der Waals surface area contributed by atoms with E-state index in [1.165, 1.54) is 43.3 Å². The number of halogens is 3. The predicted octanol–water partition coefficient (Wildman–Crippen LogP) is 3.37. The second kappa shape index (κ2) is 8.14. The molecule has 160 valence electrons. The van der Waals surface area contributed by atoms with E-state index in [9.17, 15) is 23.2 Å². The Bertz CT molecular complexity index is 1130.